The summed E-state index contributed by atoms with van der Waals surface area (Å²) < 4.78 is 6.60. The molecule has 0 saturated heterocycles. The molecular formula is C12H21N3O3. The molecule has 0 spiro atoms. The summed E-state index contributed by atoms with van der Waals surface area (Å²) in [6.45, 7) is 2.44. The number of unbranched alkanes of at least 4 members (excludes halogenated alkanes) is 2. The van der Waals surface area contributed by atoms with E-state index < -0.39 is 5.97 Å². The molecule has 0 aliphatic rings. The van der Waals surface area contributed by atoms with Crippen molar-refractivity contribution >= 4 is 11.7 Å². The number of anilines is 1. The maximum Gasteiger partial charge on any atom is 0.358 e. The molecule has 0 aliphatic heterocycles. The van der Waals surface area contributed by atoms with Crippen molar-refractivity contribution in [3.8, 4) is 0 Å². The normalized spacial score (nSPS) is 10.6. The van der Waals surface area contributed by atoms with Gasteiger partial charge in [-0.05, 0) is 25.7 Å². The van der Waals surface area contributed by atoms with Crippen LogP contribution in [0.25, 0.3) is 0 Å². The number of rotatable bonds is 7. The summed E-state index contributed by atoms with van der Waals surface area (Å²) >= 11 is 0. The SMILES string of the molecule is CCc1nn(C)c(C(=O)OCCCCCO)c1N. The molecule has 0 bridgehead atoms. The Hall–Kier alpha value is -1.56. The molecule has 102 valence electrons. The summed E-state index contributed by atoms with van der Waals surface area (Å²) in [5.74, 6) is -0.439. The lowest BCUT2D eigenvalue weighted by atomic mass is 10.2. The van der Waals surface area contributed by atoms with Crippen LogP contribution in [0.5, 0.6) is 0 Å². The molecule has 0 unspecified atom stereocenters. The fraction of sp³-hybridized carbons (Fsp3) is 0.667. The molecule has 6 heteroatoms. The van der Waals surface area contributed by atoms with Crippen LogP contribution in [0.1, 0.15) is 42.4 Å². The van der Waals surface area contributed by atoms with Crippen LogP contribution in [0.15, 0.2) is 0 Å². The highest BCUT2D eigenvalue weighted by Crippen LogP contribution is 2.17. The number of nitrogens with zero attached hydrogens (tertiary/aromatic N) is 2. The summed E-state index contributed by atoms with van der Waals surface area (Å²) in [6.07, 6.45) is 2.99. The second-order valence-corrected chi connectivity index (χ2v) is 4.11. The van der Waals surface area contributed by atoms with Gasteiger partial charge in [0.05, 0.1) is 18.0 Å². The number of hydrogen-bond acceptors (Lipinski definition) is 5. The highest BCUT2D eigenvalue weighted by Gasteiger charge is 2.20. The Labute approximate surface area is 107 Å². The van der Waals surface area contributed by atoms with E-state index in [9.17, 15) is 4.79 Å². The molecule has 1 aromatic heterocycles. The Morgan fingerprint density at radius 3 is 2.72 bits per heavy atom. The summed E-state index contributed by atoms with van der Waals surface area (Å²) in [5.41, 5.74) is 7.28. The number of ether oxygens (including phenoxy) is 1. The molecule has 0 aliphatic carbocycles. The molecule has 0 atom stereocenters. The number of hydrogen-bond donors (Lipinski definition) is 2. The molecule has 1 rings (SSSR count). The molecule has 1 aromatic rings. The van der Waals surface area contributed by atoms with E-state index in [4.69, 9.17) is 15.6 Å². The number of carbonyl (C=O) groups is 1. The van der Waals surface area contributed by atoms with Gasteiger partial charge < -0.3 is 15.6 Å². The highest BCUT2D eigenvalue weighted by molar-refractivity contribution is 5.93. The van der Waals surface area contributed by atoms with Crippen LogP contribution in [0.2, 0.25) is 0 Å². The number of nitrogens with two attached hydrogens (primary N) is 1. The molecule has 6 nitrogen and oxygen atoms in total. The summed E-state index contributed by atoms with van der Waals surface area (Å²) in [4.78, 5) is 11.8. The zero-order chi connectivity index (χ0) is 13.5. The molecule has 3 N–H and O–H groups in total. The molecule has 0 saturated carbocycles. The molecule has 0 radical (unpaired) electrons. The predicted molar refractivity (Wildman–Crippen MR) is 68.2 cm³/mol. The van der Waals surface area contributed by atoms with Gasteiger partial charge in [0.2, 0.25) is 0 Å². The van der Waals surface area contributed by atoms with E-state index in [-0.39, 0.29) is 6.61 Å². The first-order valence-electron chi connectivity index (χ1n) is 6.21. The molecular weight excluding hydrogens is 234 g/mol. The Balaban J connectivity index is 2.54. The van der Waals surface area contributed by atoms with Crippen LogP contribution in [0, 0.1) is 0 Å². The lowest BCUT2D eigenvalue weighted by Crippen LogP contribution is -2.13. The van der Waals surface area contributed by atoms with E-state index in [0.29, 0.717) is 30.1 Å². The van der Waals surface area contributed by atoms with E-state index in [1.54, 1.807) is 7.05 Å². The second-order valence-electron chi connectivity index (χ2n) is 4.11. The third kappa shape index (κ3) is 3.46. The van der Waals surface area contributed by atoms with Gasteiger partial charge in [-0.15, -0.1) is 0 Å². The van der Waals surface area contributed by atoms with Gasteiger partial charge in [-0.3, -0.25) is 4.68 Å². The number of esters is 1. The van der Waals surface area contributed by atoms with Crippen LogP contribution in [-0.2, 0) is 18.2 Å². The lowest BCUT2D eigenvalue weighted by molar-refractivity contribution is 0.0485. The molecule has 1 heterocycles. The van der Waals surface area contributed by atoms with Crippen molar-refractivity contribution < 1.29 is 14.6 Å². The zero-order valence-electron chi connectivity index (χ0n) is 11.0. The predicted octanol–water partition coefficient (Wildman–Crippen LogP) is 0.884. The van der Waals surface area contributed by atoms with Crippen LogP contribution >= 0.6 is 0 Å². The van der Waals surface area contributed by atoms with Crippen LogP contribution in [0.3, 0.4) is 0 Å². The van der Waals surface area contributed by atoms with Gasteiger partial charge in [-0.1, -0.05) is 6.92 Å². The van der Waals surface area contributed by atoms with Gasteiger partial charge in [0.25, 0.3) is 0 Å². The van der Waals surface area contributed by atoms with Crippen molar-refractivity contribution in [3.63, 3.8) is 0 Å². The number of carbonyl (C=O) groups excluding carboxylic acids is 1. The van der Waals surface area contributed by atoms with Gasteiger partial charge in [-0.2, -0.15) is 5.10 Å². The number of aryl methyl sites for hydroxylation is 2. The Morgan fingerprint density at radius 1 is 1.44 bits per heavy atom. The second kappa shape index (κ2) is 7.00. The van der Waals surface area contributed by atoms with Crippen LogP contribution in [-0.4, -0.2) is 34.1 Å². The number of nitrogen functional groups attached to an aromatic ring is 1. The average molecular weight is 255 g/mol. The molecule has 0 aromatic carbocycles. The average Bonchev–Trinajstić information content (AvgIpc) is 2.63. The maximum atomic E-state index is 11.8. The van der Waals surface area contributed by atoms with Crippen molar-refractivity contribution in [1.29, 1.82) is 0 Å². The van der Waals surface area contributed by atoms with E-state index in [0.717, 1.165) is 19.3 Å². The minimum atomic E-state index is -0.439. The van der Waals surface area contributed by atoms with Crippen molar-refractivity contribution in [2.75, 3.05) is 18.9 Å². The highest BCUT2D eigenvalue weighted by atomic mass is 16.5. The Morgan fingerprint density at radius 2 is 2.17 bits per heavy atom. The first-order valence-corrected chi connectivity index (χ1v) is 6.21. The maximum absolute atomic E-state index is 11.8. The number of aliphatic hydroxyl groups is 1. The first-order chi connectivity index (χ1) is 8.61. The fourth-order valence-electron chi connectivity index (χ4n) is 1.72. The molecule has 0 amide bonds. The lowest BCUT2D eigenvalue weighted by Gasteiger charge is -2.05. The summed E-state index contributed by atoms with van der Waals surface area (Å²) in [5, 5.41) is 12.8. The van der Waals surface area contributed by atoms with Gasteiger partial charge in [0.1, 0.15) is 0 Å². The van der Waals surface area contributed by atoms with E-state index in [1.807, 2.05) is 6.92 Å². The van der Waals surface area contributed by atoms with Crippen molar-refractivity contribution in [2.24, 2.45) is 7.05 Å². The third-order valence-electron chi connectivity index (χ3n) is 2.72. The topological polar surface area (TPSA) is 90.4 Å². The Kier molecular flexibility index (Phi) is 5.64. The van der Waals surface area contributed by atoms with Crippen molar-refractivity contribution in [3.05, 3.63) is 11.4 Å². The van der Waals surface area contributed by atoms with E-state index in [1.165, 1.54) is 4.68 Å². The number of aromatic nitrogens is 2. The van der Waals surface area contributed by atoms with Gasteiger partial charge in [0.15, 0.2) is 5.69 Å². The third-order valence-corrected chi connectivity index (χ3v) is 2.72. The monoisotopic (exact) mass is 255 g/mol. The first kappa shape index (κ1) is 14.5. The fourth-order valence-corrected chi connectivity index (χ4v) is 1.72. The zero-order valence-corrected chi connectivity index (χ0v) is 11.0. The van der Waals surface area contributed by atoms with Crippen LogP contribution < -0.4 is 5.73 Å². The minimum Gasteiger partial charge on any atom is -0.461 e. The van der Waals surface area contributed by atoms with Crippen molar-refractivity contribution in [2.45, 2.75) is 32.6 Å². The van der Waals surface area contributed by atoms with Gasteiger partial charge in [-0.25, -0.2) is 4.79 Å². The standard InChI is InChI=1S/C12H21N3O3/c1-3-9-10(13)11(15(2)14-9)12(17)18-8-6-4-5-7-16/h16H,3-8,13H2,1-2H3. The molecule has 18 heavy (non-hydrogen) atoms. The van der Waals surface area contributed by atoms with Crippen molar-refractivity contribution in [1.82, 2.24) is 9.78 Å². The smallest absolute Gasteiger partial charge is 0.358 e. The number of aliphatic hydroxyl groups excluding tert-OH is 1. The van der Waals surface area contributed by atoms with Gasteiger partial charge in [0, 0.05) is 13.7 Å². The van der Waals surface area contributed by atoms with E-state index in [2.05, 4.69) is 5.10 Å². The van der Waals surface area contributed by atoms with Crippen LogP contribution in [0.4, 0.5) is 5.69 Å². The summed E-state index contributed by atoms with van der Waals surface area (Å²) in [7, 11) is 1.68. The quantitative estimate of drug-likeness (QED) is 0.557. The van der Waals surface area contributed by atoms with Gasteiger partial charge >= 0.3 is 5.97 Å². The van der Waals surface area contributed by atoms with E-state index >= 15 is 0 Å². The molecule has 0 fully saturated rings. The Bertz CT molecular complexity index is 402. The summed E-state index contributed by atoms with van der Waals surface area (Å²) in [6, 6.07) is 0. The largest absolute Gasteiger partial charge is 0.461 e. The minimum absolute atomic E-state index is 0.169.